The van der Waals surface area contributed by atoms with E-state index < -0.39 is 77.7 Å². The summed E-state index contributed by atoms with van der Waals surface area (Å²) in [7, 11) is -3.92. The monoisotopic (exact) mass is 700 g/mol. The smallest absolute Gasteiger partial charge is 0.327 e. The zero-order valence-electron chi connectivity index (χ0n) is 23.3. The highest BCUT2D eigenvalue weighted by Crippen LogP contribution is 2.51. The van der Waals surface area contributed by atoms with Crippen molar-refractivity contribution in [2.45, 2.75) is 48.6 Å². The Bertz CT molecular complexity index is 1860. The third kappa shape index (κ3) is 5.28. The van der Waals surface area contributed by atoms with Gasteiger partial charge in [-0.25, -0.2) is 24.5 Å². The molecule has 2 bridgehead atoms. The molecule has 7 rings (SSSR count). The lowest BCUT2D eigenvalue weighted by Crippen LogP contribution is -2.45. The molecule has 0 amide bonds. The number of hydrogen-bond donors (Lipinski definition) is 5. The summed E-state index contributed by atoms with van der Waals surface area (Å²) >= 11 is 4.10. The largest absolute Gasteiger partial charge is 0.387 e. The number of aliphatic hydroxyl groups excluding tert-OH is 1. The molecule has 3 saturated heterocycles. The van der Waals surface area contributed by atoms with Crippen molar-refractivity contribution in [2.24, 2.45) is 0 Å². The highest BCUT2D eigenvalue weighted by Gasteiger charge is 2.64. The van der Waals surface area contributed by atoms with E-state index in [1.54, 1.807) is 4.57 Å². The Kier molecular flexibility index (Phi) is 8.53. The van der Waals surface area contributed by atoms with E-state index in [1.807, 2.05) is 0 Å². The van der Waals surface area contributed by atoms with Gasteiger partial charge < -0.3 is 44.6 Å². The van der Waals surface area contributed by atoms with Gasteiger partial charge in [-0.1, -0.05) is 0 Å². The van der Waals surface area contributed by atoms with Crippen molar-refractivity contribution in [3.63, 3.8) is 0 Å². The van der Waals surface area contributed by atoms with E-state index in [2.05, 4.69) is 42.5 Å². The fourth-order valence-corrected chi connectivity index (χ4v) is 7.22. The molecule has 3 aliphatic heterocycles. The Morgan fingerprint density at radius 2 is 1.96 bits per heavy atom. The molecule has 0 spiro atoms. The lowest BCUT2D eigenvalue weighted by molar-refractivity contribution is -0.181. The Morgan fingerprint density at radius 1 is 1.17 bits per heavy atom. The molecule has 7 heterocycles. The molecule has 21 nitrogen and oxygen atoms in total. The molecular weight excluding hydrogens is 674 g/mol. The van der Waals surface area contributed by atoms with Gasteiger partial charge in [0.1, 0.15) is 48.0 Å². The van der Waals surface area contributed by atoms with Crippen LogP contribution < -0.4 is 17.0 Å². The first-order chi connectivity index (χ1) is 22.2. The Balaban J connectivity index is 1.07. The summed E-state index contributed by atoms with van der Waals surface area (Å²) in [5.41, 5.74) is 10.6. The summed E-state index contributed by atoms with van der Waals surface area (Å²) in [6.45, 7) is -0.648. The number of fused-ring (bicyclic) bond motifs is 4. The molecule has 3 aliphatic rings. The van der Waals surface area contributed by atoms with E-state index in [0.29, 0.717) is 11.2 Å². The van der Waals surface area contributed by atoms with Crippen molar-refractivity contribution < 1.29 is 46.8 Å². The van der Waals surface area contributed by atoms with Crippen LogP contribution in [-0.2, 0) is 41.6 Å². The predicted molar refractivity (Wildman–Crippen MR) is 157 cm³/mol. The number of hydrogen-bond acceptors (Lipinski definition) is 19. The first-order valence-corrected chi connectivity index (χ1v) is 16.1. The Labute approximate surface area is 264 Å². The third-order valence-corrected chi connectivity index (χ3v) is 9.12. The summed E-state index contributed by atoms with van der Waals surface area (Å²) in [6, 6.07) is 0. The van der Waals surface area contributed by atoms with Gasteiger partial charge in [0.15, 0.2) is 35.1 Å². The van der Waals surface area contributed by atoms with Crippen LogP contribution in [0.1, 0.15) is 12.5 Å². The lowest BCUT2D eigenvalue weighted by atomic mass is 10.0. The van der Waals surface area contributed by atoms with Crippen molar-refractivity contribution in [3.8, 4) is 0 Å². The third-order valence-electron chi connectivity index (χ3n) is 7.89. The second-order valence-electron chi connectivity index (χ2n) is 10.5. The van der Waals surface area contributed by atoms with E-state index in [-0.39, 0.29) is 42.1 Å². The van der Waals surface area contributed by atoms with Crippen molar-refractivity contribution in [1.82, 2.24) is 39.0 Å². The number of nitrogens with one attached hydrogen (secondary N) is 1. The topological polar surface area (TPSA) is 278 Å². The number of imidazole rings is 2. The SMILES string of the molecule is Nc1nc2c(ncn2C2OC(CO[PH](=O)OC3C4OCC3(COP=O)OC4n3cnc4c(N)ncnc43)C(O)C2OCS)c(=O)[nH]1. The molecule has 0 saturated carbocycles. The normalized spacial score (nSPS) is 31.5. The van der Waals surface area contributed by atoms with Crippen molar-refractivity contribution >= 4 is 63.7 Å². The number of rotatable bonds is 12. The molecule has 0 aliphatic carbocycles. The number of aromatic nitrogens is 8. The van der Waals surface area contributed by atoms with Gasteiger partial charge in [0.2, 0.25) is 5.95 Å². The fourth-order valence-electron chi connectivity index (χ4n) is 5.85. The molecule has 9 atom stereocenters. The maximum absolute atomic E-state index is 13.2. The maximum Gasteiger partial charge on any atom is 0.327 e. The first kappa shape index (κ1) is 31.5. The summed E-state index contributed by atoms with van der Waals surface area (Å²) in [5.74, 6) is -0.0643. The summed E-state index contributed by atoms with van der Waals surface area (Å²) in [6.07, 6.45) is -3.06. The van der Waals surface area contributed by atoms with E-state index >= 15 is 0 Å². The maximum atomic E-state index is 13.2. The number of H-pyrrole nitrogens is 1. The number of aliphatic hydroxyl groups is 1. The molecule has 246 valence electrons. The fraction of sp³-hybridized carbons (Fsp3) is 0.545. The van der Waals surface area contributed by atoms with Gasteiger partial charge in [-0.2, -0.15) is 17.6 Å². The number of aromatic amines is 1. The van der Waals surface area contributed by atoms with Gasteiger partial charge in [-0.15, -0.1) is 0 Å². The minimum atomic E-state index is -3.31. The van der Waals surface area contributed by atoms with Gasteiger partial charge in [0.25, 0.3) is 5.56 Å². The molecule has 4 aromatic heterocycles. The quantitative estimate of drug-likeness (QED) is 0.0696. The van der Waals surface area contributed by atoms with Crippen LogP contribution in [0.25, 0.3) is 22.3 Å². The molecule has 9 unspecified atom stereocenters. The van der Waals surface area contributed by atoms with Crippen LogP contribution in [-0.4, -0.2) is 106 Å². The summed E-state index contributed by atoms with van der Waals surface area (Å²) < 4.78 is 67.8. The molecule has 46 heavy (non-hydrogen) atoms. The summed E-state index contributed by atoms with van der Waals surface area (Å²) in [4.78, 5) is 35.2. The number of nitrogens with zero attached hydrogens (tertiary/aromatic N) is 7. The van der Waals surface area contributed by atoms with Crippen LogP contribution in [0.15, 0.2) is 23.8 Å². The molecule has 0 radical (unpaired) electrons. The second-order valence-corrected chi connectivity index (χ2v) is 12.2. The van der Waals surface area contributed by atoms with Crippen LogP contribution in [0.5, 0.6) is 0 Å². The van der Waals surface area contributed by atoms with Gasteiger partial charge in [-0.3, -0.25) is 28.0 Å². The Hall–Kier alpha value is -3.14. The van der Waals surface area contributed by atoms with Crippen LogP contribution in [0.2, 0.25) is 0 Å². The number of thiol groups is 1. The first-order valence-electron chi connectivity index (χ1n) is 13.5. The summed E-state index contributed by atoms with van der Waals surface area (Å²) in [5, 5.41) is 11.0. The van der Waals surface area contributed by atoms with Crippen molar-refractivity contribution in [1.29, 1.82) is 0 Å². The minimum absolute atomic E-state index is 0.00188. The average molecular weight is 701 g/mol. The Morgan fingerprint density at radius 3 is 2.74 bits per heavy atom. The molecular formula is C22H26N10O11P2S. The lowest BCUT2D eigenvalue weighted by Gasteiger charge is -2.30. The van der Waals surface area contributed by atoms with Gasteiger partial charge in [0.05, 0.1) is 38.4 Å². The number of nitrogens with two attached hydrogens (primary N) is 2. The van der Waals surface area contributed by atoms with Gasteiger partial charge >= 0.3 is 16.9 Å². The van der Waals surface area contributed by atoms with Crippen molar-refractivity contribution in [2.75, 3.05) is 37.2 Å². The van der Waals surface area contributed by atoms with Crippen molar-refractivity contribution in [3.05, 3.63) is 29.3 Å². The zero-order valence-corrected chi connectivity index (χ0v) is 26.1. The molecule has 24 heteroatoms. The van der Waals surface area contributed by atoms with Crippen LogP contribution >= 0.6 is 29.6 Å². The van der Waals surface area contributed by atoms with E-state index in [0.717, 1.165) is 0 Å². The highest BCUT2D eigenvalue weighted by molar-refractivity contribution is 7.80. The van der Waals surface area contributed by atoms with E-state index in [4.69, 9.17) is 44.0 Å². The number of ether oxygens (including phenoxy) is 4. The molecule has 3 fully saturated rings. The molecule has 0 aromatic carbocycles. The van der Waals surface area contributed by atoms with Crippen LogP contribution in [0.4, 0.5) is 11.8 Å². The second kappa shape index (κ2) is 12.5. The average Bonchev–Trinajstić information content (AvgIpc) is 3.84. The predicted octanol–water partition coefficient (Wildman–Crippen LogP) is -0.664. The molecule has 4 aromatic rings. The number of anilines is 2. The van der Waals surface area contributed by atoms with Crippen LogP contribution in [0.3, 0.4) is 0 Å². The zero-order chi connectivity index (χ0) is 32.2. The van der Waals surface area contributed by atoms with Gasteiger partial charge in [-0.05, 0) is 0 Å². The van der Waals surface area contributed by atoms with Gasteiger partial charge in [0, 0.05) is 0 Å². The highest BCUT2D eigenvalue weighted by atomic mass is 32.1. The minimum Gasteiger partial charge on any atom is -0.387 e. The standard InChI is InChI=1S/C22H26N10O11P2S/c23-15-9-16(26-4-25-15)31(5-27-9)20-13-14(22(42-20,2-37-13)3-39-44-35)43-45(36)40-1-8-11(33)12(38-7-46)19(41-8)32-6-28-10-17(32)29-21(24)30-18(10)34/h4-6,8,11-14,19-20,33,45-46H,1-3,7H2,(H2,23,25,26)(H3,24,29,30,34). The number of nitrogen functional groups attached to an aromatic ring is 2. The van der Waals surface area contributed by atoms with E-state index in [1.165, 1.54) is 23.5 Å². The molecule has 6 N–H and O–H groups in total. The van der Waals surface area contributed by atoms with E-state index in [9.17, 15) is 19.0 Å². The van der Waals surface area contributed by atoms with Crippen LogP contribution in [0, 0.1) is 0 Å².